The van der Waals surface area contributed by atoms with Gasteiger partial charge in [0, 0.05) is 18.3 Å². The van der Waals surface area contributed by atoms with Crippen LogP contribution < -0.4 is 0 Å². The van der Waals surface area contributed by atoms with Gasteiger partial charge >= 0.3 is 0 Å². The number of aliphatic hydroxyl groups is 2. The van der Waals surface area contributed by atoms with Gasteiger partial charge in [0.2, 0.25) is 0 Å². The molecule has 5 atom stereocenters. The Balaban J connectivity index is 2.60. The SMILES string of the molecule is CCCSCC1O[C@H](OCC)C(O)[C@@H](O)C1CC. The lowest BCUT2D eigenvalue weighted by molar-refractivity contribution is -0.280. The van der Waals surface area contributed by atoms with Crippen LogP contribution in [0.5, 0.6) is 0 Å². The van der Waals surface area contributed by atoms with Crippen LogP contribution in [0.15, 0.2) is 0 Å². The molecule has 1 fully saturated rings. The van der Waals surface area contributed by atoms with E-state index < -0.39 is 18.5 Å². The number of hydrogen-bond donors (Lipinski definition) is 2. The van der Waals surface area contributed by atoms with E-state index in [0.717, 1.165) is 24.3 Å². The van der Waals surface area contributed by atoms with Crippen LogP contribution in [0.2, 0.25) is 0 Å². The number of ether oxygens (including phenoxy) is 2. The molecule has 1 rings (SSSR count). The monoisotopic (exact) mass is 278 g/mol. The Bertz CT molecular complexity index is 225. The Hall–Kier alpha value is 0.190. The molecule has 0 bridgehead atoms. The van der Waals surface area contributed by atoms with Crippen LogP contribution in [0.4, 0.5) is 0 Å². The molecule has 1 heterocycles. The van der Waals surface area contributed by atoms with Crippen molar-refractivity contribution in [2.75, 3.05) is 18.1 Å². The Morgan fingerprint density at radius 1 is 1.17 bits per heavy atom. The molecule has 0 aromatic rings. The van der Waals surface area contributed by atoms with E-state index >= 15 is 0 Å². The zero-order chi connectivity index (χ0) is 13.5. The predicted molar refractivity (Wildman–Crippen MR) is 73.7 cm³/mol. The average Bonchev–Trinajstić information content (AvgIpc) is 2.36. The second-order valence-electron chi connectivity index (χ2n) is 4.63. The van der Waals surface area contributed by atoms with Crippen LogP contribution in [0, 0.1) is 5.92 Å². The maximum atomic E-state index is 10.1. The molecule has 2 N–H and O–H groups in total. The van der Waals surface area contributed by atoms with Crippen LogP contribution in [0.1, 0.15) is 33.6 Å². The average molecular weight is 278 g/mol. The maximum absolute atomic E-state index is 10.1. The van der Waals surface area contributed by atoms with E-state index in [9.17, 15) is 10.2 Å². The van der Waals surface area contributed by atoms with Gasteiger partial charge in [-0.15, -0.1) is 0 Å². The van der Waals surface area contributed by atoms with Gasteiger partial charge in [-0.05, 0) is 25.5 Å². The molecule has 5 heteroatoms. The van der Waals surface area contributed by atoms with E-state index in [-0.39, 0.29) is 12.0 Å². The van der Waals surface area contributed by atoms with Crippen molar-refractivity contribution in [3.8, 4) is 0 Å². The van der Waals surface area contributed by atoms with E-state index in [2.05, 4.69) is 6.92 Å². The highest BCUT2D eigenvalue weighted by molar-refractivity contribution is 7.99. The fourth-order valence-corrected chi connectivity index (χ4v) is 3.31. The largest absolute Gasteiger partial charge is 0.390 e. The number of aliphatic hydroxyl groups excluding tert-OH is 2. The summed E-state index contributed by atoms with van der Waals surface area (Å²) in [5.74, 6) is 1.93. The maximum Gasteiger partial charge on any atom is 0.186 e. The first-order valence-corrected chi connectivity index (χ1v) is 8.02. The van der Waals surface area contributed by atoms with Crippen LogP contribution in [0.25, 0.3) is 0 Å². The number of rotatable bonds is 7. The summed E-state index contributed by atoms with van der Waals surface area (Å²) in [4.78, 5) is 0. The second kappa shape index (κ2) is 8.38. The van der Waals surface area contributed by atoms with Gasteiger partial charge in [-0.2, -0.15) is 11.8 Å². The molecule has 0 saturated carbocycles. The molecule has 108 valence electrons. The quantitative estimate of drug-likeness (QED) is 0.693. The number of hydrogen-bond acceptors (Lipinski definition) is 5. The Morgan fingerprint density at radius 3 is 2.44 bits per heavy atom. The van der Waals surface area contributed by atoms with Crippen molar-refractivity contribution in [1.29, 1.82) is 0 Å². The molecular formula is C13H26O4S. The Kier molecular flexibility index (Phi) is 7.56. The van der Waals surface area contributed by atoms with Crippen molar-refractivity contribution >= 4 is 11.8 Å². The van der Waals surface area contributed by atoms with E-state index in [1.807, 2.05) is 25.6 Å². The highest BCUT2D eigenvalue weighted by Gasteiger charge is 2.43. The third-order valence-electron chi connectivity index (χ3n) is 3.29. The first kappa shape index (κ1) is 16.2. The van der Waals surface area contributed by atoms with Crippen molar-refractivity contribution in [2.45, 2.75) is 58.2 Å². The first-order valence-electron chi connectivity index (χ1n) is 6.86. The highest BCUT2D eigenvalue weighted by atomic mass is 32.2. The Labute approximate surface area is 114 Å². The van der Waals surface area contributed by atoms with Crippen molar-refractivity contribution in [3.05, 3.63) is 0 Å². The fourth-order valence-electron chi connectivity index (χ4n) is 2.30. The molecule has 0 amide bonds. The molecule has 1 aliphatic rings. The molecule has 18 heavy (non-hydrogen) atoms. The van der Waals surface area contributed by atoms with Crippen LogP contribution in [-0.2, 0) is 9.47 Å². The molecule has 0 radical (unpaired) electrons. The minimum absolute atomic E-state index is 0.0129. The summed E-state index contributed by atoms with van der Waals surface area (Å²) in [5.41, 5.74) is 0. The Morgan fingerprint density at radius 2 is 1.89 bits per heavy atom. The lowest BCUT2D eigenvalue weighted by Gasteiger charge is -2.42. The van der Waals surface area contributed by atoms with Crippen molar-refractivity contribution < 1.29 is 19.7 Å². The summed E-state index contributed by atoms with van der Waals surface area (Å²) < 4.78 is 11.2. The van der Waals surface area contributed by atoms with Gasteiger partial charge < -0.3 is 19.7 Å². The van der Waals surface area contributed by atoms with Gasteiger partial charge in [0.15, 0.2) is 6.29 Å². The molecule has 0 aromatic heterocycles. The highest BCUT2D eigenvalue weighted by Crippen LogP contribution is 2.31. The van der Waals surface area contributed by atoms with Gasteiger partial charge in [-0.1, -0.05) is 13.8 Å². The smallest absolute Gasteiger partial charge is 0.186 e. The van der Waals surface area contributed by atoms with E-state index in [1.165, 1.54) is 0 Å². The van der Waals surface area contributed by atoms with Crippen molar-refractivity contribution in [1.82, 2.24) is 0 Å². The first-order chi connectivity index (χ1) is 8.65. The summed E-state index contributed by atoms with van der Waals surface area (Å²) in [6.45, 7) is 6.49. The molecular weight excluding hydrogens is 252 g/mol. The summed E-state index contributed by atoms with van der Waals surface area (Å²) in [6.07, 6.45) is -0.501. The van der Waals surface area contributed by atoms with E-state index in [1.54, 1.807) is 0 Å². The zero-order valence-electron chi connectivity index (χ0n) is 11.5. The van der Waals surface area contributed by atoms with E-state index in [0.29, 0.717) is 6.61 Å². The minimum atomic E-state index is -0.942. The molecule has 1 saturated heterocycles. The van der Waals surface area contributed by atoms with Crippen molar-refractivity contribution in [2.24, 2.45) is 5.92 Å². The third kappa shape index (κ3) is 4.10. The minimum Gasteiger partial charge on any atom is -0.390 e. The molecule has 4 nitrogen and oxygen atoms in total. The summed E-state index contributed by atoms with van der Waals surface area (Å²) >= 11 is 1.83. The van der Waals surface area contributed by atoms with Crippen molar-refractivity contribution in [3.63, 3.8) is 0 Å². The number of thioether (sulfide) groups is 1. The topological polar surface area (TPSA) is 58.9 Å². The zero-order valence-corrected chi connectivity index (χ0v) is 12.4. The molecule has 0 spiro atoms. The molecule has 0 aromatic carbocycles. The van der Waals surface area contributed by atoms with Gasteiger partial charge in [0.25, 0.3) is 0 Å². The fraction of sp³-hybridized carbons (Fsp3) is 1.00. The van der Waals surface area contributed by atoms with Crippen LogP contribution in [-0.4, -0.2) is 52.9 Å². The second-order valence-corrected chi connectivity index (χ2v) is 5.78. The van der Waals surface area contributed by atoms with E-state index in [4.69, 9.17) is 9.47 Å². The van der Waals surface area contributed by atoms with Crippen LogP contribution >= 0.6 is 11.8 Å². The standard InChI is InChI=1S/C13H26O4S/c1-4-7-18-8-10-9(5-2)11(14)12(15)13(17-10)16-6-3/h9-15H,4-8H2,1-3H3/t9?,10?,11-,12?,13-/m0/s1. The summed E-state index contributed by atoms with van der Waals surface area (Å²) in [5, 5.41) is 20.1. The normalized spacial score (nSPS) is 36.8. The van der Waals surface area contributed by atoms with Gasteiger partial charge in [0.1, 0.15) is 6.10 Å². The summed E-state index contributed by atoms with van der Waals surface area (Å²) in [7, 11) is 0. The lowest BCUT2D eigenvalue weighted by atomic mass is 9.87. The summed E-state index contributed by atoms with van der Waals surface area (Å²) in [6, 6.07) is 0. The molecule has 0 aliphatic carbocycles. The molecule has 1 aliphatic heterocycles. The van der Waals surface area contributed by atoms with Gasteiger partial charge in [-0.25, -0.2) is 0 Å². The third-order valence-corrected chi connectivity index (χ3v) is 4.55. The van der Waals surface area contributed by atoms with Crippen LogP contribution in [0.3, 0.4) is 0 Å². The lowest BCUT2D eigenvalue weighted by Crippen LogP contribution is -2.55. The predicted octanol–water partition coefficient (Wildman–Crippen LogP) is 1.64. The van der Waals surface area contributed by atoms with Gasteiger partial charge in [-0.3, -0.25) is 0 Å². The van der Waals surface area contributed by atoms with Gasteiger partial charge in [0.05, 0.1) is 12.2 Å². The molecule has 3 unspecified atom stereocenters.